The van der Waals surface area contributed by atoms with Crippen LogP contribution in [0.3, 0.4) is 0 Å². The Hall–Kier alpha value is -2.07. The SMILES string of the molecule is Cc1ccc(-n2nc(-c3ccc(Cl)cc3)c3c(C)c(Cl)c(C)nc32)cc1Cl. The van der Waals surface area contributed by atoms with Gasteiger partial charge in [-0.15, -0.1) is 0 Å². The first-order valence-electron chi connectivity index (χ1n) is 8.44. The van der Waals surface area contributed by atoms with Gasteiger partial charge >= 0.3 is 0 Å². The molecule has 0 atom stereocenters. The number of nitrogens with zero attached hydrogens (tertiary/aromatic N) is 3. The van der Waals surface area contributed by atoms with E-state index in [4.69, 9.17) is 44.9 Å². The molecule has 0 spiro atoms. The van der Waals surface area contributed by atoms with Crippen molar-refractivity contribution in [1.29, 1.82) is 0 Å². The van der Waals surface area contributed by atoms with Crippen LogP contribution < -0.4 is 0 Å². The molecule has 0 N–H and O–H groups in total. The highest BCUT2D eigenvalue weighted by atomic mass is 35.5. The van der Waals surface area contributed by atoms with Gasteiger partial charge < -0.3 is 0 Å². The quantitative estimate of drug-likeness (QED) is 0.353. The summed E-state index contributed by atoms with van der Waals surface area (Å²) in [6.45, 7) is 5.86. The van der Waals surface area contributed by atoms with Crippen molar-refractivity contribution in [3.05, 3.63) is 74.4 Å². The summed E-state index contributed by atoms with van der Waals surface area (Å²) in [7, 11) is 0. The summed E-state index contributed by atoms with van der Waals surface area (Å²) in [4.78, 5) is 4.73. The minimum absolute atomic E-state index is 0.652. The number of halogens is 3. The second-order valence-corrected chi connectivity index (χ2v) is 7.76. The van der Waals surface area contributed by atoms with Gasteiger partial charge in [-0.05, 0) is 56.2 Å². The molecule has 0 aliphatic carbocycles. The van der Waals surface area contributed by atoms with Crippen LogP contribution in [-0.4, -0.2) is 14.8 Å². The van der Waals surface area contributed by atoms with Crippen molar-refractivity contribution in [3.63, 3.8) is 0 Å². The van der Waals surface area contributed by atoms with E-state index in [1.165, 1.54) is 0 Å². The first-order valence-corrected chi connectivity index (χ1v) is 9.58. The van der Waals surface area contributed by atoms with E-state index in [1.807, 2.05) is 67.9 Å². The van der Waals surface area contributed by atoms with Crippen molar-refractivity contribution in [2.24, 2.45) is 0 Å². The van der Waals surface area contributed by atoms with E-state index in [9.17, 15) is 0 Å². The molecule has 0 unspecified atom stereocenters. The van der Waals surface area contributed by atoms with Gasteiger partial charge in [0, 0.05) is 15.6 Å². The normalized spacial score (nSPS) is 11.3. The molecule has 0 aliphatic heterocycles. The second kappa shape index (κ2) is 6.83. The first kappa shape index (κ1) is 18.3. The predicted octanol–water partition coefficient (Wildman–Crippen LogP) is 6.97. The molecule has 0 radical (unpaired) electrons. The minimum Gasteiger partial charge on any atom is -0.232 e. The maximum absolute atomic E-state index is 6.50. The van der Waals surface area contributed by atoms with Crippen molar-refractivity contribution < 1.29 is 0 Å². The van der Waals surface area contributed by atoms with Gasteiger partial charge in [0.25, 0.3) is 0 Å². The molecular formula is C21H16Cl3N3. The van der Waals surface area contributed by atoms with Crippen molar-refractivity contribution in [2.75, 3.05) is 0 Å². The Kier molecular flexibility index (Phi) is 4.63. The van der Waals surface area contributed by atoms with E-state index >= 15 is 0 Å². The topological polar surface area (TPSA) is 30.7 Å². The zero-order chi connectivity index (χ0) is 19.3. The van der Waals surface area contributed by atoms with Gasteiger partial charge in [0.1, 0.15) is 5.69 Å². The predicted molar refractivity (Wildman–Crippen MR) is 114 cm³/mol. The van der Waals surface area contributed by atoms with E-state index in [1.54, 1.807) is 0 Å². The lowest BCUT2D eigenvalue weighted by molar-refractivity contribution is 0.897. The maximum Gasteiger partial charge on any atom is 0.164 e. The third kappa shape index (κ3) is 3.10. The Bertz CT molecular complexity index is 1180. The number of benzene rings is 2. The number of fused-ring (bicyclic) bond motifs is 1. The highest BCUT2D eigenvalue weighted by molar-refractivity contribution is 6.33. The number of pyridine rings is 1. The lowest BCUT2D eigenvalue weighted by atomic mass is 10.1. The molecule has 0 aliphatic rings. The molecule has 136 valence electrons. The van der Waals surface area contributed by atoms with Crippen molar-refractivity contribution >= 4 is 45.8 Å². The molecule has 0 bridgehead atoms. The van der Waals surface area contributed by atoms with Crippen LogP contribution in [0.15, 0.2) is 42.5 Å². The fourth-order valence-electron chi connectivity index (χ4n) is 3.15. The Labute approximate surface area is 172 Å². The molecule has 4 rings (SSSR count). The van der Waals surface area contributed by atoms with E-state index < -0.39 is 0 Å². The summed E-state index contributed by atoms with van der Waals surface area (Å²) in [5.41, 5.74) is 6.09. The van der Waals surface area contributed by atoms with Gasteiger partial charge in [0.2, 0.25) is 0 Å². The standard InChI is InChI=1S/C21H16Cl3N3/c1-11-4-9-16(10-17(11)23)27-21-18(12(2)19(24)13(3)25-21)20(26-27)14-5-7-15(22)8-6-14/h4-10H,1-3H3. The van der Waals surface area contributed by atoms with Gasteiger partial charge in [0.15, 0.2) is 5.65 Å². The number of hydrogen-bond donors (Lipinski definition) is 0. The summed E-state index contributed by atoms with van der Waals surface area (Å²) in [5, 5.41) is 7.80. The van der Waals surface area contributed by atoms with E-state index in [0.29, 0.717) is 15.1 Å². The Morgan fingerprint density at radius 3 is 2.26 bits per heavy atom. The zero-order valence-corrected chi connectivity index (χ0v) is 17.3. The molecule has 6 heteroatoms. The van der Waals surface area contributed by atoms with Crippen LogP contribution in [0.25, 0.3) is 28.0 Å². The lowest BCUT2D eigenvalue weighted by Gasteiger charge is -2.07. The molecule has 0 fully saturated rings. The van der Waals surface area contributed by atoms with Crippen LogP contribution in [0.5, 0.6) is 0 Å². The Morgan fingerprint density at radius 2 is 1.59 bits per heavy atom. The van der Waals surface area contributed by atoms with E-state index in [0.717, 1.165) is 44.8 Å². The molecule has 4 aromatic rings. The molecular weight excluding hydrogens is 401 g/mol. The third-order valence-electron chi connectivity index (χ3n) is 4.67. The van der Waals surface area contributed by atoms with Crippen LogP contribution in [0.1, 0.15) is 16.8 Å². The Balaban J connectivity index is 2.08. The third-order valence-corrected chi connectivity index (χ3v) is 5.89. The van der Waals surface area contributed by atoms with Crippen molar-refractivity contribution in [2.45, 2.75) is 20.8 Å². The second-order valence-electron chi connectivity index (χ2n) is 6.54. The molecule has 0 saturated heterocycles. The van der Waals surface area contributed by atoms with Crippen LogP contribution in [0, 0.1) is 20.8 Å². The fraction of sp³-hybridized carbons (Fsp3) is 0.143. The summed E-state index contributed by atoms with van der Waals surface area (Å²) < 4.78 is 1.82. The van der Waals surface area contributed by atoms with Gasteiger partial charge in [-0.2, -0.15) is 5.10 Å². The molecule has 2 heterocycles. The molecule has 2 aromatic heterocycles. The highest BCUT2D eigenvalue weighted by Gasteiger charge is 2.20. The van der Waals surface area contributed by atoms with Crippen LogP contribution in [-0.2, 0) is 0 Å². The Morgan fingerprint density at radius 1 is 0.889 bits per heavy atom. The van der Waals surface area contributed by atoms with Crippen molar-refractivity contribution in [1.82, 2.24) is 14.8 Å². The van der Waals surface area contributed by atoms with Gasteiger partial charge in [-0.1, -0.05) is 53.0 Å². The molecule has 3 nitrogen and oxygen atoms in total. The largest absolute Gasteiger partial charge is 0.232 e. The van der Waals surface area contributed by atoms with Gasteiger partial charge in [0.05, 0.1) is 21.8 Å². The highest BCUT2D eigenvalue weighted by Crippen LogP contribution is 2.36. The molecule has 2 aromatic carbocycles. The number of hydrogen-bond acceptors (Lipinski definition) is 2. The number of aromatic nitrogens is 3. The fourth-order valence-corrected chi connectivity index (χ4v) is 3.59. The smallest absolute Gasteiger partial charge is 0.164 e. The summed E-state index contributed by atoms with van der Waals surface area (Å²) >= 11 is 18.9. The number of rotatable bonds is 2. The minimum atomic E-state index is 0.652. The molecule has 0 amide bonds. The molecule has 0 saturated carbocycles. The van der Waals surface area contributed by atoms with Crippen molar-refractivity contribution in [3.8, 4) is 16.9 Å². The van der Waals surface area contributed by atoms with Crippen LogP contribution >= 0.6 is 34.8 Å². The molecule has 27 heavy (non-hydrogen) atoms. The average molecular weight is 417 g/mol. The monoisotopic (exact) mass is 415 g/mol. The van der Waals surface area contributed by atoms with Crippen LogP contribution in [0.2, 0.25) is 15.1 Å². The maximum atomic E-state index is 6.50. The summed E-state index contributed by atoms with van der Waals surface area (Å²) in [6, 6.07) is 13.5. The van der Waals surface area contributed by atoms with Gasteiger partial charge in [-0.3, -0.25) is 0 Å². The summed E-state index contributed by atoms with van der Waals surface area (Å²) in [6.07, 6.45) is 0. The number of aryl methyl sites for hydroxylation is 3. The average Bonchev–Trinajstić information content (AvgIpc) is 3.02. The van der Waals surface area contributed by atoms with E-state index in [2.05, 4.69) is 0 Å². The van der Waals surface area contributed by atoms with Gasteiger partial charge in [-0.25, -0.2) is 9.67 Å². The zero-order valence-electron chi connectivity index (χ0n) is 15.0. The lowest BCUT2D eigenvalue weighted by Crippen LogP contribution is -1.99. The first-order chi connectivity index (χ1) is 12.9. The van der Waals surface area contributed by atoms with E-state index in [-0.39, 0.29) is 0 Å². The summed E-state index contributed by atoms with van der Waals surface area (Å²) in [5.74, 6) is 0. The van der Waals surface area contributed by atoms with Crippen LogP contribution in [0.4, 0.5) is 0 Å².